The molecule has 0 aromatic heterocycles. The lowest BCUT2D eigenvalue weighted by molar-refractivity contribution is 0.209. The predicted octanol–water partition coefficient (Wildman–Crippen LogP) is 4.62. The molecule has 5 nitrogen and oxygen atoms in total. The van der Waals surface area contributed by atoms with Crippen LogP contribution in [0.5, 0.6) is 5.75 Å². The van der Waals surface area contributed by atoms with Crippen LogP contribution in [0.4, 0.5) is 20.6 Å². The minimum atomic E-state index is -1.15. The van der Waals surface area contributed by atoms with Gasteiger partial charge in [0.25, 0.3) is 0 Å². The van der Waals surface area contributed by atoms with Gasteiger partial charge >= 0.3 is 6.09 Å². The van der Waals surface area contributed by atoms with E-state index in [1.807, 2.05) is 19.9 Å². The Labute approximate surface area is 140 Å². The molecular weight excluding hydrogens is 311 g/mol. The maximum absolute atomic E-state index is 13.6. The molecule has 0 bridgehead atoms. The van der Waals surface area contributed by atoms with Crippen LogP contribution < -0.4 is 15.4 Å². The molecule has 24 heavy (non-hydrogen) atoms. The Kier molecular flexibility index (Phi) is 5.63. The van der Waals surface area contributed by atoms with E-state index >= 15 is 0 Å². The number of hydrogen-bond donors (Lipinski definition) is 3. The number of carboxylic acid groups (broad SMARTS) is 1. The van der Waals surface area contributed by atoms with Crippen molar-refractivity contribution in [1.82, 2.24) is 0 Å². The van der Waals surface area contributed by atoms with Gasteiger partial charge in [-0.05, 0) is 50.1 Å². The van der Waals surface area contributed by atoms with Crippen LogP contribution in [0.1, 0.15) is 25.0 Å². The van der Waals surface area contributed by atoms with E-state index in [-0.39, 0.29) is 11.9 Å². The molecule has 128 valence electrons. The summed E-state index contributed by atoms with van der Waals surface area (Å²) in [5.74, 6) is 0.201. The van der Waals surface area contributed by atoms with Crippen molar-refractivity contribution in [2.45, 2.75) is 33.4 Å². The van der Waals surface area contributed by atoms with E-state index in [1.165, 1.54) is 6.07 Å². The minimum Gasteiger partial charge on any atom is -0.489 e. The first-order valence-corrected chi connectivity index (χ1v) is 7.65. The zero-order chi connectivity index (χ0) is 17.7. The Morgan fingerprint density at radius 1 is 1.29 bits per heavy atom. The van der Waals surface area contributed by atoms with Crippen molar-refractivity contribution < 1.29 is 19.0 Å². The van der Waals surface area contributed by atoms with E-state index in [4.69, 9.17) is 9.84 Å². The van der Waals surface area contributed by atoms with E-state index in [1.54, 1.807) is 31.2 Å². The lowest BCUT2D eigenvalue weighted by Crippen LogP contribution is -2.12. The first kappa shape index (κ1) is 17.6. The van der Waals surface area contributed by atoms with Gasteiger partial charge in [0.15, 0.2) is 0 Å². The van der Waals surface area contributed by atoms with Crippen molar-refractivity contribution in [1.29, 1.82) is 0 Å². The number of amides is 1. The first-order chi connectivity index (χ1) is 11.4. The van der Waals surface area contributed by atoms with Gasteiger partial charge in [-0.3, -0.25) is 5.32 Å². The third kappa shape index (κ3) is 4.62. The molecule has 0 aliphatic carbocycles. The number of anilines is 2. The van der Waals surface area contributed by atoms with Gasteiger partial charge in [-0.25, -0.2) is 9.18 Å². The third-order valence-electron chi connectivity index (χ3n) is 3.45. The highest BCUT2D eigenvalue weighted by molar-refractivity contribution is 5.85. The number of carbonyl (C=O) groups is 1. The average Bonchev–Trinajstić information content (AvgIpc) is 2.50. The normalized spacial score (nSPS) is 10.5. The summed E-state index contributed by atoms with van der Waals surface area (Å²) < 4.78 is 19.2. The van der Waals surface area contributed by atoms with Gasteiger partial charge in [-0.15, -0.1) is 0 Å². The molecule has 1 amide bonds. The molecule has 2 aromatic rings. The van der Waals surface area contributed by atoms with Crippen molar-refractivity contribution in [2.75, 3.05) is 10.6 Å². The maximum Gasteiger partial charge on any atom is 0.409 e. The fraction of sp³-hybridized carbons (Fsp3) is 0.278. The monoisotopic (exact) mass is 332 g/mol. The average molecular weight is 332 g/mol. The van der Waals surface area contributed by atoms with Crippen LogP contribution in [0.15, 0.2) is 36.4 Å². The molecule has 2 rings (SSSR count). The van der Waals surface area contributed by atoms with Gasteiger partial charge < -0.3 is 15.2 Å². The van der Waals surface area contributed by atoms with E-state index in [0.29, 0.717) is 23.5 Å². The number of ether oxygens (including phenoxy) is 1. The predicted molar refractivity (Wildman–Crippen MR) is 92.3 cm³/mol. The Bertz CT molecular complexity index is 732. The van der Waals surface area contributed by atoms with E-state index in [2.05, 4.69) is 10.6 Å². The zero-order valence-corrected chi connectivity index (χ0v) is 13.9. The van der Waals surface area contributed by atoms with Crippen molar-refractivity contribution >= 4 is 17.5 Å². The maximum atomic E-state index is 13.6. The lowest BCUT2D eigenvalue weighted by Gasteiger charge is -2.16. The SMILES string of the molecule is Cc1c(F)cccc1CNc1ccc(NC(=O)O)c(OC(C)C)c1. The standard InChI is InChI=1S/C18H21FN2O3/c1-11(2)24-17-9-14(7-8-16(17)21-18(22)23)20-10-13-5-4-6-15(19)12(13)3/h4-9,11,20-21H,10H2,1-3H3,(H,22,23). The molecule has 2 aromatic carbocycles. The Hall–Kier alpha value is -2.76. The summed E-state index contributed by atoms with van der Waals surface area (Å²) in [6.07, 6.45) is -1.25. The minimum absolute atomic E-state index is 0.0972. The number of benzene rings is 2. The van der Waals surface area contributed by atoms with E-state index in [9.17, 15) is 9.18 Å². The van der Waals surface area contributed by atoms with Crippen molar-refractivity contribution in [3.05, 3.63) is 53.3 Å². The molecule has 0 aliphatic rings. The zero-order valence-electron chi connectivity index (χ0n) is 13.9. The number of halogens is 1. The molecule has 3 N–H and O–H groups in total. The lowest BCUT2D eigenvalue weighted by atomic mass is 10.1. The van der Waals surface area contributed by atoms with Crippen molar-refractivity contribution in [2.24, 2.45) is 0 Å². The highest BCUT2D eigenvalue weighted by Gasteiger charge is 2.10. The summed E-state index contributed by atoms with van der Waals surface area (Å²) in [5.41, 5.74) is 2.59. The van der Waals surface area contributed by atoms with Gasteiger partial charge in [0.2, 0.25) is 0 Å². The van der Waals surface area contributed by atoms with E-state index < -0.39 is 6.09 Å². The molecule has 6 heteroatoms. The molecule has 0 saturated carbocycles. The van der Waals surface area contributed by atoms with Crippen molar-refractivity contribution in [3.63, 3.8) is 0 Å². The van der Waals surface area contributed by atoms with Gasteiger partial charge in [0.1, 0.15) is 11.6 Å². The van der Waals surface area contributed by atoms with Crippen molar-refractivity contribution in [3.8, 4) is 5.75 Å². The van der Waals surface area contributed by atoms with Crippen LogP contribution >= 0.6 is 0 Å². The topological polar surface area (TPSA) is 70.6 Å². The van der Waals surface area contributed by atoms with Crippen LogP contribution in [-0.4, -0.2) is 17.3 Å². The molecule has 0 aliphatic heterocycles. The number of hydrogen-bond acceptors (Lipinski definition) is 3. The van der Waals surface area contributed by atoms with Crippen LogP contribution in [0.2, 0.25) is 0 Å². The summed E-state index contributed by atoms with van der Waals surface area (Å²) in [6.45, 7) is 5.91. The quantitative estimate of drug-likeness (QED) is 0.721. The summed E-state index contributed by atoms with van der Waals surface area (Å²) in [7, 11) is 0. The Balaban J connectivity index is 2.18. The second-order valence-corrected chi connectivity index (χ2v) is 5.69. The van der Waals surface area contributed by atoms with Gasteiger partial charge in [-0.1, -0.05) is 12.1 Å². The fourth-order valence-corrected chi connectivity index (χ4v) is 2.24. The van der Waals surface area contributed by atoms with Crippen LogP contribution in [-0.2, 0) is 6.54 Å². The Morgan fingerprint density at radius 2 is 2.04 bits per heavy atom. The van der Waals surface area contributed by atoms with Crippen LogP contribution in [0, 0.1) is 12.7 Å². The van der Waals surface area contributed by atoms with Gasteiger partial charge in [0, 0.05) is 18.3 Å². The highest BCUT2D eigenvalue weighted by Crippen LogP contribution is 2.29. The summed E-state index contributed by atoms with van der Waals surface area (Å²) in [5, 5.41) is 14.4. The van der Waals surface area contributed by atoms with Gasteiger partial charge in [-0.2, -0.15) is 0 Å². The largest absolute Gasteiger partial charge is 0.489 e. The number of rotatable bonds is 6. The van der Waals surface area contributed by atoms with E-state index in [0.717, 1.165) is 11.3 Å². The van der Waals surface area contributed by atoms with Crippen LogP contribution in [0.25, 0.3) is 0 Å². The first-order valence-electron chi connectivity index (χ1n) is 7.65. The second-order valence-electron chi connectivity index (χ2n) is 5.69. The third-order valence-corrected chi connectivity index (χ3v) is 3.45. The summed E-state index contributed by atoms with van der Waals surface area (Å²) in [4.78, 5) is 10.9. The fourth-order valence-electron chi connectivity index (χ4n) is 2.24. The second kappa shape index (κ2) is 7.68. The molecule has 0 heterocycles. The van der Waals surface area contributed by atoms with Gasteiger partial charge in [0.05, 0.1) is 11.8 Å². The molecule has 0 saturated heterocycles. The molecule has 0 spiro atoms. The smallest absolute Gasteiger partial charge is 0.409 e. The molecule has 0 atom stereocenters. The highest BCUT2D eigenvalue weighted by atomic mass is 19.1. The molecule has 0 unspecified atom stereocenters. The Morgan fingerprint density at radius 3 is 2.71 bits per heavy atom. The molecule has 0 fully saturated rings. The molecule has 0 radical (unpaired) electrons. The summed E-state index contributed by atoms with van der Waals surface area (Å²) in [6, 6.07) is 10.1. The number of nitrogens with one attached hydrogen (secondary N) is 2. The summed E-state index contributed by atoms with van der Waals surface area (Å²) >= 11 is 0. The molecular formula is C18H21FN2O3. The van der Waals surface area contributed by atoms with Crippen LogP contribution in [0.3, 0.4) is 0 Å².